The fraction of sp³-hybridized carbons (Fsp3) is 0.200. The number of nitrogens with zero attached hydrogens (tertiary/aromatic N) is 4. The highest BCUT2D eigenvalue weighted by Gasteiger charge is 2.21. The number of alkyl halides is 2. The average Bonchev–Trinajstić information content (AvgIpc) is 3.36. The third-order valence-corrected chi connectivity index (χ3v) is 4.56. The second kappa shape index (κ2) is 7.99. The van der Waals surface area contributed by atoms with Crippen molar-refractivity contribution in [3.05, 3.63) is 65.8 Å². The lowest BCUT2D eigenvalue weighted by molar-refractivity contribution is -0.00754. The first-order valence-corrected chi connectivity index (χ1v) is 9.06. The van der Waals surface area contributed by atoms with Crippen LogP contribution < -0.4 is 5.32 Å². The average molecular weight is 413 g/mol. The van der Waals surface area contributed by atoms with Crippen molar-refractivity contribution in [1.82, 2.24) is 19.8 Å². The Morgan fingerprint density at radius 3 is 2.93 bits per heavy atom. The number of aliphatic hydroxyl groups is 1. The molecule has 0 aliphatic carbocycles. The van der Waals surface area contributed by atoms with E-state index in [1.54, 1.807) is 35.0 Å². The highest BCUT2D eigenvalue weighted by Crippen LogP contribution is 2.25. The zero-order valence-electron chi connectivity index (χ0n) is 15.8. The fourth-order valence-corrected chi connectivity index (χ4v) is 2.92. The predicted molar refractivity (Wildman–Crippen MR) is 103 cm³/mol. The molecule has 0 saturated heterocycles. The minimum atomic E-state index is -2.90. The number of halogens is 2. The largest absolute Gasteiger partial charge is 0.387 e. The molecule has 0 aliphatic heterocycles. The van der Waals surface area contributed by atoms with E-state index in [1.165, 1.54) is 6.20 Å². The summed E-state index contributed by atoms with van der Waals surface area (Å²) < 4.78 is 31.5. The maximum Gasteiger partial charge on any atom is 0.264 e. The van der Waals surface area contributed by atoms with Crippen molar-refractivity contribution in [3.63, 3.8) is 0 Å². The van der Waals surface area contributed by atoms with Gasteiger partial charge in [0.15, 0.2) is 0 Å². The number of aliphatic hydroxyl groups excluding tert-OH is 1. The summed E-state index contributed by atoms with van der Waals surface area (Å²) >= 11 is 0. The van der Waals surface area contributed by atoms with Crippen molar-refractivity contribution in [2.24, 2.45) is 0 Å². The number of aromatic nitrogens is 4. The maximum absolute atomic E-state index is 12.8. The molecule has 1 unspecified atom stereocenters. The number of hydrogen-bond donors (Lipinski definition) is 2. The number of rotatable bonds is 6. The second-order valence-corrected chi connectivity index (χ2v) is 6.69. The van der Waals surface area contributed by atoms with Gasteiger partial charge in [-0.1, -0.05) is 23.4 Å². The highest BCUT2D eigenvalue weighted by atomic mass is 19.3. The zero-order valence-corrected chi connectivity index (χ0v) is 15.8. The maximum atomic E-state index is 12.8. The van der Waals surface area contributed by atoms with Crippen LogP contribution in [0.1, 0.15) is 21.8 Å². The molecule has 4 aromatic rings. The van der Waals surface area contributed by atoms with Crippen LogP contribution in [0, 0.1) is 6.92 Å². The van der Waals surface area contributed by atoms with Gasteiger partial charge in [0.2, 0.25) is 11.7 Å². The molecule has 4 rings (SSSR count). The Kier molecular flexibility index (Phi) is 5.23. The van der Waals surface area contributed by atoms with Crippen LogP contribution in [-0.2, 0) is 6.42 Å². The summed E-state index contributed by atoms with van der Waals surface area (Å²) in [7, 11) is 0. The minimum absolute atomic E-state index is 0.102. The number of hydrogen-bond acceptors (Lipinski definition) is 6. The Labute approximate surface area is 169 Å². The van der Waals surface area contributed by atoms with Crippen LogP contribution in [0.5, 0.6) is 0 Å². The van der Waals surface area contributed by atoms with E-state index in [0.29, 0.717) is 22.3 Å². The van der Waals surface area contributed by atoms with Crippen molar-refractivity contribution in [2.75, 3.05) is 5.32 Å². The second-order valence-electron chi connectivity index (χ2n) is 6.69. The van der Waals surface area contributed by atoms with Gasteiger partial charge in [-0.3, -0.25) is 4.79 Å². The Morgan fingerprint density at radius 2 is 2.13 bits per heavy atom. The van der Waals surface area contributed by atoms with E-state index in [9.17, 15) is 18.7 Å². The summed E-state index contributed by atoms with van der Waals surface area (Å²) in [6.45, 7) is 1.83. The van der Waals surface area contributed by atoms with Gasteiger partial charge in [0, 0.05) is 17.4 Å². The molecule has 3 heterocycles. The molecular weight excluding hydrogens is 396 g/mol. The third-order valence-electron chi connectivity index (χ3n) is 4.56. The summed E-state index contributed by atoms with van der Waals surface area (Å²) in [5.74, 6) is -0.265. The van der Waals surface area contributed by atoms with Crippen LogP contribution >= 0.6 is 0 Å². The van der Waals surface area contributed by atoms with E-state index >= 15 is 0 Å². The van der Waals surface area contributed by atoms with E-state index in [-0.39, 0.29) is 17.6 Å². The monoisotopic (exact) mass is 413 g/mol. The fourth-order valence-electron chi connectivity index (χ4n) is 2.92. The first-order chi connectivity index (χ1) is 14.4. The number of nitrogens with one attached hydrogen (secondary N) is 1. The van der Waals surface area contributed by atoms with E-state index in [1.807, 2.05) is 19.1 Å². The molecular formula is C20H17F2N5O3. The number of pyridine rings is 1. The SMILES string of the molecule is Cc1ccc(-c2noc(CC(O)C(F)F)n2)cc1NC(=O)c1cnn2ccccc12. The summed E-state index contributed by atoms with van der Waals surface area (Å²) in [5, 5.41) is 20.1. The van der Waals surface area contributed by atoms with Gasteiger partial charge in [0.25, 0.3) is 12.3 Å². The Morgan fingerprint density at radius 1 is 1.30 bits per heavy atom. The summed E-state index contributed by atoms with van der Waals surface area (Å²) in [6.07, 6.45) is -1.99. The molecule has 0 spiro atoms. The van der Waals surface area contributed by atoms with E-state index in [0.717, 1.165) is 5.56 Å². The Balaban J connectivity index is 1.57. The minimum Gasteiger partial charge on any atom is -0.387 e. The van der Waals surface area contributed by atoms with Crippen molar-refractivity contribution in [2.45, 2.75) is 25.9 Å². The lowest BCUT2D eigenvalue weighted by Gasteiger charge is -2.09. The van der Waals surface area contributed by atoms with Crippen molar-refractivity contribution >= 4 is 17.1 Å². The van der Waals surface area contributed by atoms with Crippen LogP contribution in [0.3, 0.4) is 0 Å². The molecule has 1 amide bonds. The van der Waals surface area contributed by atoms with Gasteiger partial charge in [0.05, 0.1) is 23.7 Å². The molecule has 0 fully saturated rings. The van der Waals surface area contributed by atoms with Gasteiger partial charge in [-0.2, -0.15) is 10.1 Å². The summed E-state index contributed by atoms with van der Waals surface area (Å²) in [5.41, 5.74) is 2.96. The summed E-state index contributed by atoms with van der Waals surface area (Å²) in [4.78, 5) is 16.8. The number of carbonyl (C=O) groups is 1. The van der Waals surface area contributed by atoms with E-state index in [4.69, 9.17) is 4.52 Å². The highest BCUT2D eigenvalue weighted by molar-refractivity contribution is 6.09. The quantitative estimate of drug-likeness (QED) is 0.503. The van der Waals surface area contributed by atoms with Crippen LogP contribution in [0.4, 0.5) is 14.5 Å². The number of anilines is 1. The Bertz CT molecular complexity index is 1200. The predicted octanol–water partition coefficient (Wildman–Crippen LogP) is 3.11. The van der Waals surface area contributed by atoms with Gasteiger partial charge < -0.3 is 14.9 Å². The number of amides is 1. The van der Waals surface area contributed by atoms with Crippen molar-refractivity contribution < 1.29 is 23.2 Å². The van der Waals surface area contributed by atoms with Gasteiger partial charge in [-0.25, -0.2) is 13.3 Å². The van der Waals surface area contributed by atoms with Crippen molar-refractivity contribution in [1.29, 1.82) is 0 Å². The molecule has 30 heavy (non-hydrogen) atoms. The molecule has 0 bridgehead atoms. The first-order valence-electron chi connectivity index (χ1n) is 9.06. The zero-order chi connectivity index (χ0) is 21.3. The molecule has 2 N–H and O–H groups in total. The normalized spacial score (nSPS) is 12.4. The number of fused-ring (bicyclic) bond motifs is 1. The van der Waals surface area contributed by atoms with Gasteiger partial charge in [-0.15, -0.1) is 0 Å². The topological polar surface area (TPSA) is 106 Å². The van der Waals surface area contributed by atoms with Gasteiger partial charge in [0.1, 0.15) is 6.10 Å². The smallest absolute Gasteiger partial charge is 0.264 e. The van der Waals surface area contributed by atoms with Crippen LogP contribution in [0.15, 0.2) is 53.3 Å². The van der Waals surface area contributed by atoms with Crippen LogP contribution in [0.2, 0.25) is 0 Å². The van der Waals surface area contributed by atoms with Gasteiger partial charge in [-0.05, 0) is 30.7 Å². The lowest BCUT2D eigenvalue weighted by Crippen LogP contribution is -2.20. The van der Waals surface area contributed by atoms with E-state index in [2.05, 4.69) is 20.6 Å². The molecule has 0 aliphatic rings. The molecule has 154 valence electrons. The molecule has 8 nitrogen and oxygen atoms in total. The van der Waals surface area contributed by atoms with Crippen molar-refractivity contribution in [3.8, 4) is 11.4 Å². The van der Waals surface area contributed by atoms with Crippen LogP contribution in [-0.4, -0.2) is 43.3 Å². The molecule has 1 aromatic carbocycles. The number of aryl methyl sites for hydroxylation is 1. The van der Waals surface area contributed by atoms with Crippen LogP contribution in [0.25, 0.3) is 16.9 Å². The molecule has 0 saturated carbocycles. The lowest BCUT2D eigenvalue weighted by atomic mass is 10.1. The first kappa shape index (κ1) is 19.6. The Hall–Kier alpha value is -3.66. The van der Waals surface area contributed by atoms with Gasteiger partial charge >= 0.3 is 0 Å². The molecule has 0 radical (unpaired) electrons. The van der Waals surface area contributed by atoms with E-state index < -0.39 is 19.0 Å². The molecule has 3 aromatic heterocycles. The number of carbonyl (C=O) groups excluding carboxylic acids is 1. The summed E-state index contributed by atoms with van der Waals surface area (Å²) in [6, 6.07) is 10.6. The molecule has 1 atom stereocenters. The number of benzene rings is 1. The molecule has 10 heteroatoms. The standard InChI is InChI=1S/C20H17F2N5O3/c1-11-5-6-12(19-25-17(30-26-19)9-16(28)18(21)22)8-14(11)24-20(29)13-10-23-27-7-3-2-4-15(13)27/h2-8,10,16,18,28H,9H2,1H3,(H,24,29). The third kappa shape index (κ3) is 3.90.